The maximum absolute atomic E-state index is 12.9. The van der Waals surface area contributed by atoms with Crippen LogP contribution in [0.25, 0.3) is 28.1 Å². The standard InChI is InChI=1S/C23H23N5O2/c1-15-20-21(28(26-15)18-5-3-2-4-6-18)23(30)25-22(24-20)16-7-9-17(10-8-16)27-13-11-19(29)12-14-27/h2-10,19,29H,11-14H2,1H3,(H,24,25,30). The van der Waals surface area contributed by atoms with E-state index in [1.165, 1.54) is 0 Å². The number of nitrogens with zero attached hydrogens (tertiary/aromatic N) is 4. The van der Waals surface area contributed by atoms with Gasteiger partial charge in [0.25, 0.3) is 5.56 Å². The molecule has 0 spiro atoms. The van der Waals surface area contributed by atoms with E-state index < -0.39 is 0 Å². The van der Waals surface area contributed by atoms with E-state index in [0.29, 0.717) is 22.6 Å². The van der Waals surface area contributed by atoms with Gasteiger partial charge < -0.3 is 15.0 Å². The number of aryl methyl sites for hydroxylation is 1. The van der Waals surface area contributed by atoms with E-state index in [0.717, 1.165) is 42.9 Å². The van der Waals surface area contributed by atoms with Crippen molar-refractivity contribution < 1.29 is 5.11 Å². The van der Waals surface area contributed by atoms with Crippen LogP contribution in [0, 0.1) is 6.92 Å². The van der Waals surface area contributed by atoms with E-state index >= 15 is 0 Å². The number of benzene rings is 2. The summed E-state index contributed by atoms with van der Waals surface area (Å²) in [7, 11) is 0. The van der Waals surface area contributed by atoms with Gasteiger partial charge in [0.1, 0.15) is 11.3 Å². The molecule has 2 N–H and O–H groups in total. The fourth-order valence-electron chi connectivity index (χ4n) is 4.01. The average Bonchev–Trinajstić information content (AvgIpc) is 3.12. The molecule has 0 bridgehead atoms. The number of para-hydroxylation sites is 1. The van der Waals surface area contributed by atoms with Crippen LogP contribution in [-0.2, 0) is 0 Å². The summed E-state index contributed by atoms with van der Waals surface area (Å²) in [6.45, 7) is 3.56. The Morgan fingerprint density at radius 3 is 2.40 bits per heavy atom. The summed E-state index contributed by atoms with van der Waals surface area (Å²) in [5.74, 6) is 0.531. The molecule has 1 saturated heterocycles. The molecule has 1 aliphatic rings. The minimum absolute atomic E-state index is 0.193. The van der Waals surface area contributed by atoms with Crippen molar-refractivity contribution >= 4 is 16.7 Å². The lowest BCUT2D eigenvalue weighted by Gasteiger charge is -2.31. The topological polar surface area (TPSA) is 87.0 Å². The van der Waals surface area contributed by atoms with Crippen LogP contribution in [0.2, 0.25) is 0 Å². The third kappa shape index (κ3) is 3.27. The third-order valence-corrected chi connectivity index (χ3v) is 5.67. The van der Waals surface area contributed by atoms with Crippen molar-refractivity contribution in [2.75, 3.05) is 18.0 Å². The summed E-state index contributed by atoms with van der Waals surface area (Å²) in [5.41, 5.74) is 4.34. The maximum Gasteiger partial charge on any atom is 0.277 e. The number of aliphatic hydroxyl groups excluding tert-OH is 1. The molecule has 3 heterocycles. The molecule has 0 aliphatic carbocycles. The maximum atomic E-state index is 12.9. The molecule has 2 aromatic heterocycles. The second-order valence-electron chi connectivity index (χ2n) is 7.71. The van der Waals surface area contributed by atoms with Crippen LogP contribution in [0.3, 0.4) is 0 Å². The van der Waals surface area contributed by atoms with Crippen LogP contribution in [0.1, 0.15) is 18.5 Å². The predicted octanol–water partition coefficient (Wildman–Crippen LogP) is 3.05. The zero-order valence-corrected chi connectivity index (χ0v) is 16.7. The van der Waals surface area contributed by atoms with Gasteiger partial charge in [0.05, 0.1) is 17.5 Å². The van der Waals surface area contributed by atoms with Gasteiger partial charge in [0.15, 0.2) is 5.52 Å². The van der Waals surface area contributed by atoms with Crippen LogP contribution < -0.4 is 10.5 Å². The van der Waals surface area contributed by atoms with Crippen LogP contribution in [0.4, 0.5) is 5.69 Å². The van der Waals surface area contributed by atoms with E-state index in [4.69, 9.17) is 4.98 Å². The van der Waals surface area contributed by atoms with Gasteiger partial charge >= 0.3 is 0 Å². The summed E-state index contributed by atoms with van der Waals surface area (Å²) in [5, 5.41) is 14.2. The number of nitrogens with one attached hydrogen (secondary N) is 1. The first kappa shape index (κ1) is 18.6. The fourth-order valence-corrected chi connectivity index (χ4v) is 4.01. The Kier molecular flexibility index (Phi) is 4.59. The number of hydrogen-bond donors (Lipinski definition) is 2. The second-order valence-corrected chi connectivity index (χ2v) is 7.71. The Bertz CT molecular complexity index is 1240. The Balaban J connectivity index is 1.51. The number of aromatic nitrogens is 4. The van der Waals surface area contributed by atoms with Crippen molar-refractivity contribution in [2.24, 2.45) is 0 Å². The molecule has 0 atom stereocenters. The number of piperidine rings is 1. The van der Waals surface area contributed by atoms with Gasteiger partial charge in [0.2, 0.25) is 0 Å². The van der Waals surface area contributed by atoms with E-state index in [1.807, 2.05) is 61.5 Å². The summed E-state index contributed by atoms with van der Waals surface area (Å²) >= 11 is 0. The molecule has 0 saturated carbocycles. The summed E-state index contributed by atoms with van der Waals surface area (Å²) in [6.07, 6.45) is 1.39. The Morgan fingerprint density at radius 2 is 1.70 bits per heavy atom. The summed E-state index contributed by atoms with van der Waals surface area (Å²) in [4.78, 5) is 22.8. The zero-order chi connectivity index (χ0) is 20.7. The quantitative estimate of drug-likeness (QED) is 0.551. The highest BCUT2D eigenvalue weighted by atomic mass is 16.3. The van der Waals surface area contributed by atoms with Crippen molar-refractivity contribution in [1.82, 2.24) is 19.7 Å². The molecular weight excluding hydrogens is 378 g/mol. The average molecular weight is 401 g/mol. The van der Waals surface area contributed by atoms with E-state index in [2.05, 4.69) is 15.0 Å². The third-order valence-electron chi connectivity index (χ3n) is 5.67. The molecule has 0 amide bonds. The molecule has 30 heavy (non-hydrogen) atoms. The smallest absolute Gasteiger partial charge is 0.277 e. The fraction of sp³-hybridized carbons (Fsp3) is 0.261. The lowest BCUT2D eigenvalue weighted by molar-refractivity contribution is 0.145. The molecule has 2 aromatic carbocycles. The Morgan fingerprint density at radius 1 is 1.00 bits per heavy atom. The minimum Gasteiger partial charge on any atom is -0.393 e. The molecule has 5 rings (SSSR count). The van der Waals surface area contributed by atoms with E-state index in [-0.39, 0.29) is 11.7 Å². The van der Waals surface area contributed by atoms with Crippen molar-refractivity contribution in [1.29, 1.82) is 0 Å². The second kappa shape index (κ2) is 7.42. The van der Waals surface area contributed by atoms with E-state index in [1.54, 1.807) is 4.68 Å². The number of rotatable bonds is 3. The first-order chi connectivity index (χ1) is 14.6. The lowest BCUT2D eigenvalue weighted by Crippen LogP contribution is -2.35. The van der Waals surface area contributed by atoms with Crippen molar-refractivity contribution in [3.05, 3.63) is 70.6 Å². The first-order valence-electron chi connectivity index (χ1n) is 10.2. The van der Waals surface area contributed by atoms with Crippen LogP contribution in [0.15, 0.2) is 59.4 Å². The molecule has 7 nitrogen and oxygen atoms in total. The van der Waals surface area contributed by atoms with Crippen LogP contribution >= 0.6 is 0 Å². The highest BCUT2D eigenvalue weighted by Gasteiger charge is 2.18. The molecule has 4 aromatic rings. The number of aromatic amines is 1. The van der Waals surface area contributed by atoms with Crippen LogP contribution in [0.5, 0.6) is 0 Å². The molecule has 152 valence electrons. The molecule has 0 unspecified atom stereocenters. The zero-order valence-electron chi connectivity index (χ0n) is 16.7. The number of fused-ring (bicyclic) bond motifs is 1. The van der Waals surface area contributed by atoms with Crippen LogP contribution in [-0.4, -0.2) is 44.0 Å². The molecule has 0 radical (unpaired) electrons. The highest BCUT2D eigenvalue weighted by Crippen LogP contribution is 2.25. The first-order valence-corrected chi connectivity index (χ1v) is 10.2. The molecule has 7 heteroatoms. The van der Waals surface area contributed by atoms with Gasteiger partial charge in [-0.2, -0.15) is 5.10 Å². The van der Waals surface area contributed by atoms with Gasteiger partial charge in [-0.1, -0.05) is 18.2 Å². The van der Waals surface area contributed by atoms with Gasteiger partial charge in [-0.3, -0.25) is 4.79 Å². The van der Waals surface area contributed by atoms with Gasteiger partial charge in [0, 0.05) is 24.3 Å². The summed E-state index contributed by atoms with van der Waals surface area (Å²) in [6, 6.07) is 17.6. The molecule has 1 aliphatic heterocycles. The van der Waals surface area contributed by atoms with Crippen molar-refractivity contribution in [2.45, 2.75) is 25.9 Å². The van der Waals surface area contributed by atoms with Gasteiger partial charge in [-0.25, -0.2) is 9.67 Å². The molecule has 1 fully saturated rings. The Hall–Kier alpha value is -3.45. The van der Waals surface area contributed by atoms with E-state index in [9.17, 15) is 9.90 Å². The minimum atomic E-state index is -0.214. The number of anilines is 1. The SMILES string of the molecule is Cc1nn(-c2ccccc2)c2c(=O)[nH]c(-c3ccc(N4CCC(O)CC4)cc3)nc12. The Labute approximate surface area is 173 Å². The number of aliphatic hydroxyl groups is 1. The van der Waals surface area contributed by atoms with Crippen molar-refractivity contribution in [3.63, 3.8) is 0 Å². The largest absolute Gasteiger partial charge is 0.393 e. The lowest BCUT2D eigenvalue weighted by atomic mass is 10.1. The highest BCUT2D eigenvalue weighted by molar-refractivity contribution is 5.80. The molecular formula is C23H23N5O2. The van der Waals surface area contributed by atoms with Gasteiger partial charge in [-0.05, 0) is 56.2 Å². The number of hydrogen-bond acceptors (Lipinski definition) is 5. The number of H-pyrrole nitrogens is 1. The van der Waals surface area contributed by atoms with Gasteiger partial charge in [-0.15, -0.1) is 0 Å². The normalized spacial score (nSPS) is 15.1. The monoisotopic (exact) mass is 401 g/mol. The predicted molar refractivity (Wildman–Crippen MR) is 117 cm³/mol. The summed E-state index contributed by atoms with van der Waals surface area (Å²) < 4.78 is 1.65. The van der Waals surface area contributed by atoms with Crippen molar-refractivity contribution in [3.8, 4) is 17.1 Å².